The van der Waals surface area contributed by atoms with Crippen molar-refractivity contribution in [1.29, 1.82) is 0 Å². The highest BCUT2D eigenvalue weighted by molar-refractivity contribution is 5.30. The van der Waals surface area contributed by atoms with Crippen molar-refractivity contribution in [1.82, 2.24) is 10.3 Å². The van der Waals surface area contributed by atoms with E-state index in [1.807, 2.05) is 12.4 Å². The van der Waals surface area contributed by atoms with Gasteiger partial charge in [-0.05, 0) is 37.8 Å². The monoisotopic (exact) mass is 192 g/mol. The van der Waals surface area contributed by atoms with Crippen molar-refractivity contribution in [3.05, 3.63) is 35.8 Å². The van der Waals surface area contributed by atoms with Crippen LogP contribution in [-0.4, -0.2) is 17.7 Å². The number of aromatic amines is 1. The SMILES string of the molecule is COC1(C)C=CNC1c1[nH]ccc1C. The van der Waals surface area contributed by atoms with E-state index in [9.17, 15) is 0 Å². The van der Waals surface area contributed by atoms with Crippen LogP contribution in [0.25, 0.3) is 0 Å². The predicted molar refractivity (Wildman–Crippen MR) is 56.0 cm³/mol. The third kappa shape index (κ3) is 1.24. The van der Waals surface area contributed by atoms with Gasteiger partial charge in [-0.3, -0.25) is 0 Å². The van der Waals surface area contributed by atoms with Gasteiger partial charge < -0.3 is 15.0 Å². The molecule has 14 heavy (non-hydrogen) atoms. The van der Waals surface area contributed by atoms with E-state index < -0.39 is 0 Å². The van der Waals surface area contributed by atoms with E-state index in [2.05, 4.69) is 36.3 Å². The number of H-pyrrole nitrogens is 1. The second-order valence-electron chi connectivity index (χ2n) is 3.90. The van der Waals surface area contributed by atoms with E-state index in [-0.39, 0.29) is 11.6 Å². The topological polar surface area (TPSA) is 37.0 Å². The quantitative estimate of drug-likeness (QED) is 0.750. The average molecular weight is 192 g/mol. The Bertz CT molecular complexity index is 356. The van der Waals surface area contributed by atoms with Crippen LogP contribution in [-0.2, 0) is 4.74 Å². The standard InChI is InChI=1S/C11H16N2O/c1-8-4-6-12-9(8)10-11(2,14-3)5-7-13-10/h4-7,10,12-13H,1-3H3. The van der Waals surface area contributed by atoms with Crippen LogP contribution in [0.3, 0.4) is 0 Å². The molecule has 76 valence electrons. The molecule has 2 heterocycles. The first-order valence-electron chi connectivity index (χ1n) is 4.80. The highest BCUT2D eigenvalue weighted by Gasteiger charge is 2.37. The molecule has 0 aliphatic carbocycles. The second kappa shape index (κ2) is 3.17. The molecule has 1 aliphatic heterocycles. The van der Waals surface area contributed by atoms with Crippen molar-refractivity contribution in [2.75, 3.05) is 7.11 Å². The molecule has 3 nitrogen and oxygen atoms in total. The van der Waals surface area contributed by atoms with Gasteiger partial charge in [-0.15, -0.1) is 0 Å². The van der Waals surface area contributed by atoms with Gasteiger partial charge in [-0.1, -0.05) is 0 Å². The highest BCUT2D eigenvalue weighted by atomic mass is 16.5. The maximum absolute atomic E-state index is 5.52. The zero-order chi connectivity index (χ0) is 10.2. The van der Waals surface area contributed by atoms with E-state index in [1.54, 1.807) is 7.11 Å². The van der Waals surface area contributed by atoms with Crippen molar-refractivity contribution in [2.45, 2.75) is 25.5 Å². The summed E-state index contributed by atoms with van der Waals surface area (Å²) in [7, 11) is 1.74. The van der Waals surface area contributed by atoms with Gasteiger partial charge in [0.15, 0.2) is 0 Å². The maximum Gasteiger partial charge on any atom is 0.110 e. The number of ether oxygens (including phenoxy) is 1. The van der Waals surface area contributed by atoms with Gasteiger partial charge in [-0.25, -0.2) is 0 Å². The van der Waals surface area contributed by atoms with E-state index in [4.69, 9.17) is 4.74 Å². The fraction of sp³-hybridized carbons (Fsp3) is 0.455. The molecule has 1 aromatic heterocycles. The average Bonchev–Trinajstić information content (AvgIpc) is 2.73. The summed E-state index contributed by atoms with van der Waals surface area (Å²) >= 11 is 0. The Morgan fingerprint density at radius 3 is 2.86 bits per heavy atom. The molecule has 0 saturated heterocycles. The molecular weight excluding hydrogens is 176 g/mol. The summed E-state index contributed by atoms with van der Waals surface area (Å²) in [5.74, 6) is 0. The van der Waals surface area contributed by atoms with Crippen LogP contribution in [0.2, 0.25) is 0 Å². The molecule has 0 aromatic carbocycles. The number of aromatic nitrogens is 1. The molecule has 2 rings (SSSR count). The molecule has 2 unspecified atom stereocenters. The third-order valence-corrected chi connectivity index (χ3v) is 2.98. The second-order valence-corrected chi connectivity index (χ2v) is 3.90. The van der Waals surface area contributed by atoms with Crippen LogP contribution in [0.4, 0.5) is 0 Å². The molecule has 1 aliphatic rings. The third-order valence-electron chi connectivity index (χ3n) is 2.98. The Hall–Kier alpha value is -1.22. The normalized spacial score (nSPS) is 30.6. The molecule has 0 amide bonds. The highest BCUT2D eigenvalue weighted by Crippen LogP contribution is 2.34. The summed E-state index contributed by atoms with van der Waals surface area (Å²) in [6.07, 6.45) is 5.97. The van der Waals surface area contributed by atoms with Gasteiger partial charge in [0.2, 0.25) is 0 Å². The lowest BCUT2D eigenvalue weighted by molar-refractivity contribution is 0.0262. The Morgan fingerprint density at radius 2 is 2.29 bits per heavy atom. The summed E-state index contributed by atoms with van der Waals surface area (Å²) < 4.78 is 5.52. The Kier molecular flexibility index (Phi) is 2.11. The summed E-state index contributed by atoms with van der Waals surface area (Å²) in [5, 5.41) is 3.30. The minimum Gasteiger partial charge on any atom is -0.380 e. The van der Waals surface area contributed by atoms with Crippen LogP contribution in [0.15, 0.2) is 24.5 Å². The van der Waals surface area contributed by atoms with Crippen molar-refractivity contribution >= 4 is 0 Å². The molecular formula is C11H16N2O. The van der Waals surface area contributed by atoms with E-state index in [0.717, 1.165) is 0 Å². The summed E-state index contributed by atoms with van der Waals surface area (Å²) in [5.41, 5.74) is 2.20. The first kappa shape index (κ1) is 9.34. The lowest BCUT2D eigenvalue weighted by Gasteiger charge is -2.29. The molecule has 0 saturated carbocycles. The molecule has 3 heteroatoms. The first-order valence-corrected chi connectivity index (χ1v) is 4.80. The Morgan fingerprint density at radius 1 is 1.50 bits per heavy atom. The van der Waals surface area contributed by atoms with E-state index >= 15 is 0 Å². The lowest BCUT2D eigenvalue weighted by atomic mass is 9.94. The van der Waals surface area contributed by atoms with Crippen LogP contribution >= 0.6 is 0 Å². The van der Waals surface area contributed by atoms with Crippen LogP contribution < -0.4 is 5.32 Å². The zero-order valence-electron chi connectivity index (χ0n) is 8.79. The van der Waals surface area contributed by atoms with Gasteiger partial charge in [0, 0.05) is 19.0 Å². The fourth-order valence-electron chi connectivity index (χ4n) is 1.90. The van der Waals surface area contributed by atoms with E-state index in [0.29, 0.717) is 0 Å². The fourth-order valence-corrected chi connectivity index (χ4v) is 1.90. The largest absolute Gasteiger partial charge is 0.380 e. The minimum absolute atomic E-state index is 0.183. The van der Waals surface area contributed by atoms with Gasteiger partial charge in [0.05, 0.1) is 6.04 Å². The molecule has 0 bridgehead atoms. The van der Waals surface area contributed by atoms with E-state index in [1.165, 1.54) is 11.3 Å². The summed E-state index contributed by atoms with van der Waals surface area (Å²) in [4.78, 5) is 3.25. The molecule has 1 aromatic rings. The minimum atomic E-state index is -0.254. The number of nitrogens with one attached hydrogen (secondary N) is 2. The summed E-state index contributed by atoms with van der Waals surface area (Å²) in [6.45, 7) is 4.18. The predicted octanol–water partition coefficient (Wildman–Crippen LogP) is 1.89. The maximum atomic E-state index is 5.52. The Labute approximate surface area is 84.2 Å². The number of methoxy groups -OCH3 is 1. The van der Waals surface area contributed by atoms with Crippen LogP contribution in [0.5, 0.6) is 0 Å². The Balaban J connectivity index is 2.33. The van der Waals surface area contributed by atoms with Crippen molar-refractivity contribution in [3.8, 4) is 0 Å². The molecule has 2 N–H and O–H groups in total. The molecule has 0 spiro atoms. The number of aryl methyl sites for hydroxylation is 1. The summed E-state index contributed by atoms with van der Waals surface area (Å²) in [6, 6.07) is 2.26. The van der Waals surface area contributed by atoms with Gasteiger partial charge in [0.25, 0.3) is 0 Å². The number of hydrogen-bond acceptors (Lipinski definition) is 2. The molecule has 2 atom stereocenters. The van der Waals surface area contributed by atoms with Gasteiger partial charge >= 0.3 is 0 Å². The van der Waals surface area contributed by atoms with Gasteiger partial charge in [0.1, 0.15) is 5.60 Å². The van der Waals surface area contributed by atoms with Crippen LogP contribution in [0, 0.1) is 6.92 Å². The van der Waals surface area contributed by atoms with Crippen molar-refractivity contribution < 1.29 is 4.74 Å². The molecule has 0 fully saturated rings. The van der Waals surface area contributed by atoms with Crippen molar-refractivity contribution in [2.24, 2.45) is 0 Å². The lowest BCUT2D eigenvalue weighted by Crippen LogP contribution is -2.35. The zero-order valence-corrected chi connectivity index (χ0v) is 8.79. The van der Waals surface area contributed by atoms with Gasteiger partial charge in [-0.2, -0.15) is 0 Å². The number of rotatable bonds is 2. The number of hydrogen-bond donors (Lipinski definition) is 2. The van der Waals surface area contributed by atoms with Crippen molar-refractivity contribution in [3.63, 3.8) is 0 Å². The molecule has 0 radical (unpaired) electrons. The smallest absolute Gasteiger partial charge is 0.110 e. The first-order chi connectivity index (χ1) is 6.67. The van der Waals surface area contributed by atoms with Crippen LogP contribution in [0.1, 0.15) is 24.2 Å².